The monoisotopic (exact) mass is 528 g/mol. The predicted molar refractivity (Wildman–Crippen MR) is 150 cm³/mol. The van der Waals surface area contributed by atoms with Gasteiger partial charge < -0.3 is 4.74 Å². The van der Waals surface area contributed by atoms with Crippen LogP contribution in [0.15, 0.2) is 48.5 Å². The van der Waals surface area contributed by atoms with E-state index >= 15 is 0 Å². The zero-order valence-electron chi connectivity index (χ0n) is 23.4. The fraction of sp³-hybridized carbons (Fsp3) is 0.647. The van der Waals surface area contributed by atoms with Crippen molar-refractivity contribution in [1.29, 1.82) is 0 Å². The molecule has 0 aliphatic heterocycles. The molecule has 2 saturated carbocycles. The number of hydrogen-bond acceptors (Lipinski definition) is 1. The van der Waals surface area contributed by atoms with Gasteiger partial charge in [-0.15, -0.1) is 0 Å². The highest BCUT2D eigenvalue weighted by Gasteiger charge is 2.43. The predicted octanol–water partition coefficient (Wildman–Crippen LogP) is 11.0. The van der Waals surface area contributed by atoms with E-state index in [1.54, 1.807) is 0 Å². The van der Waals surface area contributed by atoms with Crippen molar-refractivity contribution < 1.29 is 17.9 Å². The summed E-state index contributed by atoms with van der Waals surface area (Å²) in [7, 11) is 0. The van der Waals surface area contributed by atoms with Crippen molar-refractivity contribution in [3.05, 3.63) is 70.8 Å². The molecule has 0 radical (unpaired) electrons. The number of halogens is 3. The minimum atomic E-state index is -3.88. The molecule has 0 amide bonds. The van der Waals surface area contributed by atoms with Crippen molar-refractivity contribution in [3.8, 4) is 0 Å². The van der Waals surface area contributed by atoms with E-state index in [2.05, 4.69) is 13.8 Å². The van der Waals surface area contributed by atoms with E-state index < -0.39 is 12.3 Å². The molecular formula is C34H47F3O. The molecule has 2 fully saturated rings. The highest BCUT2D eigenvalue weighted by atomic mass is 19.3. The molecule has 1 atom stereocenters. The van der Waals surface area contributed by atoms with Crippen molar-refractivity contribution >= 4 is 0 Å². The summed E-state index contributed by atoms with van der Waals surface area (Å²) in [6, 6.07) is 14.5. The Kier molecular flexibility index (Phi) is 10.8. The largest absolute Gasteiger partial charge is 0.391 e. The highest BCUT2D eigenvalue weighted by Crippen LogP contribution is 2.41. The Hall–Kier alpha value is -1.81. The molecule has 0 N–H and O–H groups in total. The first-order valence-corrected chi connectivity index (χ1v) is 15.2. The van der Waals surface area contributed by atoms with E-state index in [1.165, 1.54) is 88.3 Å². The summed E-state index contributed by atoms with van der Waals surface area (Å²) >= 11 is 0. The van der Waals surface area contributed by atoms with E-state index in [1.807, 2.05) is 36.4 Å². The number of unbranched alkanes of at least 4 members (excludes halogenated alkanes) is 2. The van der Waals surface area contributed by atoms with Crippen LogP contribution in [0.3, 0.4) is 0 Å². The molecule has 2 aromatic carbocycles. The van der Waals surface area contributed by atoms with Crippen LogP contribution in [0.5, 0.6) is 0 Å². The third-order valence-electron chi connectivity index (χ3n) is 9.36. The van der Waals surface area contributed by atoms with Crippen molar-refractivity contribution in [1.82, 2.24) is 0 Å². The van der Waals surface area contributed by atoms with Crippen molar-refractivity contribution in [2.24, 2.45) is 11.8 Å². The first kappa shape index (κ1) is 29.2. The molecule has 4 rings (SSSR count). The van der Waals surface area contributed by atoms with Gasteiger partial charge in [-0.2, -0.15) is 8.78 Å². The van der Waals surface area contributed by atoms with Crippen LogP contribution in [0, 0.1) is 11.8 Å². The van der Waals surface area contributed by atoms with Gasteiger partial charge in [-0.25, -0.2) is 4.39 Å². The van der Waals surface area contributed by atoms with Gasteiger partial charge in [0, 0.05) is 0 Å². The molecule has 0 heterocycles. The van der Waals surface area contributed by atoms with E-state index in [0.29, 0.717) is 17.4 Å². The average molecular weight is 529 g/mol. The van der Waals surface area contributed by atoms with Gasteiger partial charge in [0.05, 0.1) is 6.61 Å². The number of ether oxygens (including phenoxy) is 1. The van der Waals surface area contributed by atoms with Crippen LogP contribution in [0.1, 0.15) is 138 Å². The lowest BCUT2D eigenvalue weighted by atomic mass is 9.77. The Morgan fingerprint density at radius 3 is 1.79 bits per heavy atom. The summed E-state index contributed by atoms with van der Waals surface area (Å²) in [6.07, 6.45) is 9.72. The highest BCUT2D eigenvalue weighted by molar-refractivity contribution is 5.28. The van der Waals surface area contributed by atoms with Crippen LogP contribution >= 0.6 is 0 Å². The maximum Gasteiger partial charge on any atom is 0.391 e. The number of alkyl halides is 3. The Morgan fingerprint density at radius 2 is 1.26 bits per heavy atom. The van der Waals surface area contributed by atoms with Crippen molar-refractivity contribution in [2.45, 2.75) is 128 Å². The van der Waals surface area contributed by atoms with Crippen LogP contribution < -0.4 is 0 Å². The molecule has 2 aliphatic rings. The third kappa shape index (κ3) is 7.87. The molecular weight excluding hydrogens is 481 g/mol. The van der Waals surface area contributed by atoms with Crippen LogP contribution in [0.25, 0.3) is 0 Å². The standard InChI is InChI=1S/C34H47F3O/c1-3-5-6-7-26-10-16-29(17-11-26)31-20-22-32(23-21-31)33(35)34(36,37)38-24-27-12-18-30(19-13-27)28-14-8-25(4-2)9-15-28/h12-13,18-23,25-26,28-29,33H,3-11,14-17,24H2,1-2H3. The second kappa shape index (κ2) is 14.0. The van der Waals surface area contributed by atoms with E-state index in [0.717, 1.165) is 30.2 Å². The summed E-state index contributed by atoms with van der Waals surface area (Å²) in [6.45, 7) is 4.19. The summed E-state index contributed by atoms with van der Waals surface area (Å²) < 4.78 is 49.0. The molecule has 2 aliphatic carbocycles. The van der Waals surface area contributed by atoms with Crippen LogP contribution in [0.2, 0.25) is 0 Å². The SMILES string of the molecule is CCCCCC1CCC(c2ccc(C(F)C(F)(F)OCc3ccc(C4CCC(CC)CC4)cc3)cc2)CC1. The van der Waals surface area contributed by atoms with Gasteiger partial charge in [-0.1, -0.05) is 94.5 Å². The average Bonchev–Trinajstić information content (AvgIpc) is 2.97. The summed E-state index contributed by atoms with van der Waals surface area (Å²) in [5.41, 5.74) is 3.03. The fourth-order valence-electron chi connectivity index (χ4n) is 6.64. The van der Waals surface area contributed by atoms with Crippen LogP contribution in [0.4, 0.5) is 13.2 Å². The van der Waals surface area contributed by atoms with Gasteiger partial charge in [0.25, 0.3) is 0 Å². The molecule has 1 nitrogen and oxygen atoms in total. The van der Waals surface area contributed by atoms with Crippen LogP contribution in [-0.4, -0.2) is 6.11 Å². The first-order valence-electron chi connectivity index (χ1n) is 15.2. The normalized spacial score (nSPS) is 25.3. The maximum atomic E-state index is 14.9. The van der Waals surface area contributed by atoms with E-state index in [4.69, 9.17) is 4.74 Å². The molecule has 0 saturated heterocycles. The molecule has 210 valence electrons. The second-order valence-electron chi connectivity index (χ2n) is 12.0. The van der Waals surface area contributed by atoms with Gasteiger partial charge in [0.1, 0.15) is 0 Å². The van der Waals surface area contributed by atoms with Crippen molar-refractivity contribution in [2.75, 3.05) is 0 Å². The molecule has 38 heavy (non-hydrogen) atoms. The van der Waals surface area contributed by atoms with Gasteiger partial charge in [-0.3, -0.25) is 0 Å². The molecule has 4 heteroatoms. The first-order chi connectivity index (χ1) is 18.4. The van der Waals surface area contributed by atoms with Crippen molar-refractivity contribution in [3.63, 3.8) is 0 Å². The number of rotatable bonds is 12. The van der Waals surface area contributed by atoms with Gasteiger partial charge >= 0.3 is 6.11 Å². The second-order valence-corrected chi connectivity index (χ2v) is 12.0. The Bertz CT molecular complexity index is 939. The Morgan fingerprint density at radius 1 is 0.737 bits per heavy atom. The lowest BCUT2D eigenvalue weighted by Crippen LogP contribution is -2.27. The summed E-state index contributed by atoms with van der Waals surface area (Å²) in [5.74, 6) is 2.66. The zero-order valence-corrected chi connectivity index (χ0v) is 23.4. The lowest BCUT2D eigenvalue weighted by molar-refractivity contribution is -0.282. The van der Waals surface area contributed by atoms with Gasteiger partial charge in [-0.05, 0) is 97.3 Å². The molecule has 0 aromatic heterocycles. The molecule has 0 spiro atoms. The minimum absolute atomic E-state index is 0.0231. The molecule has 1 unspecified atom stereocenters. The van der Waals surface area contributed by atoms with Gasteiger partial charge in [0.2, 0.25) is 6.17 Å². The van der Waals surface area contributed by atoms with E-state index in [-0.39, 0.29) is 12.2 Å². The Labute approximate surface area is 228 Å². The fourth-order valence-corrected chi connectivity index (χ4v) is 6.64. The Balaban J connectivity index is 1.25. The molecule has 2 aromatic rings. The number of benzene rings is 2. The topological polar surface area (TPSA) is 9.23 Å². The zero-order chi connectivity index (χ0) is 27.0. The minimum Gasteiger partial charge on any atom is -0.313 e. The smallest absolute Gasteiger partial charge is 0.313 e. The summed E-state index contributed by atoms with van der Waals surface area (Å²) in [4.78, 5) is 0. The van der Waals surface area contributed by atoms with Crippen LogP contribution in [-0.2, 0) is 11.3 Å². The lowest BCUT2D eigenvalue weighted by Gasteiger charge is -2.29. The van der Waals surface area contributed by atoms with E-state index in [9.17, 15) is 13.2 Å². The molecule has 0 bridgehead atoms. The van der Waals surface area contributed by atoms with Gasteiger partial charge in [0.15, 0.2) is 0 Å². The summed E-state index contributed by atoms with van der Waals surface area (Å²) in [5, 5.41) is 0. The number of hydrogen-bond donors (Lipinski definition) is 0. The third-order valence-corrected chi connectivity index (χ3v) is 9.36. The maximum absolute atomic E-state index is 14.9. The quantitative estimate of drug-likeness (QED) is 0.249.